The van der Waals surface area contributed by atoms with E-state index in [9.17, 15) is 4.79 Å². The van der Waals surface area contributed by atoms with Crippen molar-refractivity contribution in [2.24, 2.45) is 5.92 Å². The van der Waals surface area contributed by atoms with Crippen LogP contribution < -0.4 is 0 Å². The number of aryl methyl sites for hydroxylation is 1. The van der Waals surface area contributed by atoms with Gasteiger partial charge in [-0.2, -0.15) is 4.98 Å². The number of nitrogens with zero attached hydrogens (tertiary/aromatic N) is 4. The van der Waals surface area contributed by atoms with Crippen molar-refractivity contribution in [3.8, 4) is 34.0 Å². The molecule has 4 aromatic rings. The number of benzene rings is 2. The highest BCUT2D eigenvalue weighted by Crippen LogP contribution is 2.38. The summed E-state index contributed by atoms with van der Waals surface area (Å²) in [6.45, 7) is 3.51. The average Bonchev–Trinajstić information content (AvgIpc) is 3.46. The maximum atomic E-state index is 15.0. The van der Waals surface area contributed by atoms with E-state index >= 15 is 4.39 Å². The van der Waals surface area contributed by atoms with Crippen LogP contribution in [0, 0.1) is 18.7 Å². The van der Waals surface area contributed by atoms with Gasteiger partial charge in [-0.15, -0.1) is 0 Å². The Morgan fingerprint density at radius 1 is 1.03 bits per heavy atom. The highest BCUT2D eigenvalue weighted by atomic mass is 19.1. The number of carbonyl (C=O) groups is 1. The molecular weight excluding hydrogens is 447 g/mol. The van der Waals surface area contributed by atoms with E-state index < -0.39 is 11.8 Å². The topological polar surface area (TPSA) is 92.4 Å². The zero-order valence-electron chi connectivity index (χ0n) is 19.1. The summed E-state index contributed by atoms with van der Waals surface area (Å²) in [5, 5.41) is 13.3. The van der Waals surface area contributed by atoms with E-state index in [0.29, 0.717) is 24.7 Å². The number of rotatable bonds is 5. The zero-order chi connectivity index (χ0) is 24.1. The number of halogens is 1. The fraction of sp³-hybridized carbons (Fsp3) is 0.259. The molecule has 176 valence electrons. The quantitative estimate of drug-likeness (QED) is 0.434. The predicted octanol–water partition coefficient (Wildman–Crippen LogP) is 5.09. The van der Waals surface area contributed by atoms with Crippen LogP contribution >= 0.6 is 0 Å². The number of hydrogen-bond acceptors (Lipinski definition) is 6. The molecule has 2 aromatic heterocycles. The average molecular weight is 471 g/mol. The number of pyridine rings is 1. The Bertz CT molecular complexity index is 1430. The molecule has 6 rings (SSSR count). The Morgan fingerprint density at radius 2 is 1.80 bits per heavy atom. The van der Waals surface area contributed by atoms with Gasteiger partial charge in [-0.05, 0) is 77.9 Å². The summed E-state index contributed by atoms with van der Waals surface area (Å²) in [5.74, 6) is -0.807. The lowest BCUT2D eigenvalue weighted by Crippen LogP contribution is -2.44. The summed E-state index contributed by atoms with van der Waals surface area (Å²) >= 11 is 0. The lowest BCUT2D eigenvalue weighted by molar-refractivity contribution is -0.147. The largest absolute Gasteiger partial charge is 0.481 e. The minimum atomic E-state index is -0.702. The van der Waals surface area contributed by atoms with Gasteiger partial charge < -0.3 is 9.63 Å². The van der Waals surface area contributed by atoms with Gasteiger partial charge in [0.25, 0.3) is 5.89 Å². The first-order valence-electron chi connectivity index (χ1n) is 11.6. The number of hydrogen-bond donors (Lipinski definition) is 1. The molecule has 0 atom stereocenters. The zero-order valence-corrected chi connectivity index (χ0v) is 19.1. The van der Waals surface area contributed by atoms with Crippen molar-refractivity contribution >= 4 is 5.97 Å². The van der Waals surface area contributed by atoms with Gasteiger partial charge in [0, 0.05) is 37.1 Å². The molecule has 0 saturated heterocycles. The summed E-state index contributed by atoms with van der Waals surface area (Å²) in [6.07, 6.45) is 4.77. The molecule has 1 N–H and O–H groups in total. The van der Waals surface area contributed by atoms with Crippen molar-refractivity contribution < 1.29 is 18.8 Å². The van der Waals surface area contributed by atoms with Crippen LogP contribution in [0.25, 0.3) is 34.0 Å². The second-order valence-electron chi connectivity index (χ2n) is 9.35. The van der Waals surface area contributed by atoms with E-state index in [-0.39, 0.29) is 17.4 Å². The van der Waals surface area contributed by atoms with Crippen molar-refractivity contribution in [2.45, 2.75) is 38.9 Å². The number of carboxylic acid groups (broad SMARTS) is 1. The van der Waals surface area contributed by atoms with E-state index in [1.807, 2.05) is 31.2 Å². The number of aliphatic carboxylic acids is 1. The van der Waals surface area contributed by atoms with Crippen LogP contribution in [0.5, 0.6) is 0 Å². The maximum Gasteiger partial charge on any atom is 0.306 e. The Morgan fingerprint density at radius 3 is 2.57 bits per heavy atom. The van der Waals surface area contributed by atoms with Crippen LogP contribution in [0.3, 0.4) is 0 Å². The molecule has 0 unspecified atom stereocenters. The highest BCUT2D eigenvalue weighted by Gasteiger charge is 2.39. The molecule has 1 aliphatic heterocycles. The molecule has 1 aliphatic carbocycles. The molecule has 0 bridgehead atoms. The predicted molar refractivity (Wildman–Crippen MR) is 126 cm³/mol. The van der Waals surface area contributed by atoms with Gasteiger partial charge in [0.15, 0.2) is 0 Å². The van der Waals surface area contributed by atoms with Crippen LogP contribution in [0.1, 0.15) is 29.5 Å². The second kappa shape index (κ2) is 8.39. The molecule has 0 spiro atoms. The molecule has 2 aromatic carbocycles. The fourth-order valence-corrected chi connectivity index (χ4v) is 5.04. The first-order valence-corrected chi connectivity index (χ1v) is 11.6. The van der Waals surface area contributed by atoms with Gasteiger partial charge in [0.1, 0.15) is 5.82 Å². The molecule has 35 heavy (non-hydrogen) atoms. The molecule has 2 aliphatic rings. The first-order chi connectivity index (χ1) is 17.0. The Labute approximate surface area is 201 Å². The Balaban J connectivity index is 1.22. The third-order valence-electron chi connectivity index (χ3n) is 7.15. The van der Waals surface area contributed by atoms with Crippen molar-refractivity contribution in [2.75, 3.05) is 0 Å². The minimum absolute atomic E-state index is 0.137. The lowest BCUT2D eigenvalue weighted by atomic mass is 9.79. The van der Waals surface area contributed by atoms with E-state index in [4.69, 9.17) is 9.63 Å². The molecular formula is C27H23FN4O3. The van der Waals surface area contributed by atoms with Gasteiger partial charge in [0.05, 0.1) is 11.5 Å². The monoisotopic (exact) mass is 470 g/mol. The van der Waals surface area contributed by atoms with E-state index in [1.54, 1.807) is 18.5 Å². The number of fused-ring (bicyclic) bond motifs is 1. The third kappa shape index (κ3) is 3.89. The SMILES string of the molecule is Cc1cc(-c2nc(-c3ccc4c(c3)CN(C3CC(C(=O)O)C3)C4)no2)c(F)cc1-c1ccncc1. The summed E-state index contributed by atoms with van der Waals surface area (Å²) in [5.41, 5.74) is 6.05. The van der Waals surface area contributed by atoms with Crippen LogP contribution in [0.15, 0.2) is 59.4 Å². The van der Waals surface area contributed by atoms with Crippen LogP contribution in [0.4, 0.5) is 4.39 Å². The summed E-state index contributed by atoms with van der Waals surface area (Å²) in [7, 11) is 0. The van der Waals surface area contributed by atoms with E-state index in [1.165, 1.54) is 17.2 Å². The van der Waals surface area contributed by atoms with Crippen molar-refractivity contribution in [1.82, 2.24) is 20.0 Å². The summed E-state index contributed by atoms with van der Waals surface area (Å²) < 4.78 is 20.5. The Kier molecular flexibility index (Phi) is 5.18. The third-order valence-corrected chi connectivity index (χ3v) is 7.15. The molecule has 8 heteroatoms. The second-order valence-corrected chi connectivity index (χ2v) is 9.35. The van der Waals surface area contributed by atoms with Gasteiger partial charge >= 0.3 is 5.97 Å². The lowest BCUT2D eigenvalue weighted by Gasteiger charge is -2.39. The number of carboxylic acids is 1. The van der Waals surface area contributed by atoms with Crippen molar-refractivity contribution in [1.29, 1.82) is 0 Å². The van der Waals surface area contributed by atoms with Crippen LogP contribution in [-0.2, 0) is 17.9 Å². The standard InChI is InChI=1S/C27H23FN4O3/c1-15-8-23(24(28)12-22(15)16-4-6-29-7-5-16)26-30-25(31-35-26)17-2-3-18-13-32(14-20(18)9-17)21-10-19(11-21)27(33)34/h2-9,12,19,21H,10-11,13-14H2,1H3,(H,33,34). The molecule has 3 heterocycles. The number of aromatic nitrogens is 3. The van der Waals surface area contributed by atoms with Crippen LogP contribution in [0.2, 0.25) is 0 Å². The van der Waals surface area contributed by atoms with Crippen molar-refractivity contribution in [3.05, 3.63) is 77.4 Å². The molecule has 0 radical (unpaired) electrons. The molecule has 1 saturated carbocycles. The smallest absolute Gasteiger partial charge is 0.306 e. The van der Waals surface area contributed by atoms with E-state index in [2.05, 4.69) is 26.1 Å². The summed E-state index contributed by atoms with van der Waals surface area (Å²) in [4.78, 5) is 22.0. The van der Waals surface area contributed by atoms with E-state index in [0.717, 1.165) is 35.3 Å². The highest BCUT2D eigenvalue weighted by molar-refractivity contribution is 5.72. The summed E-state index contributed by atoms with van der Waals surface area (Å²) in [6, 6.07) is 13.3. The van der Waals surface area contributed by atoms with Gasteiger partial charge in [-0.1, -0.05) is 17.3 Å². The molecule has 1 fully saturated rings. The van der Waals surface area contributed by atoms with Gasteiger partial charge in [-0.25, -0.2) is 4.39 Å². The van der Waals surface area contributed by atoms with Crippen molar-refractivity contribution in [3.63, 3.8) is 0 Å². The molecule has 7 nitrogen and oxygen atoms in total. The fourth-order valence-electron chi connectivity index (χ4n) is 5.04. The van der Waals surface area contributed by atoms with Gasteiger partial charge in [0.2, 0.25) is 5.82 Å². The minimum Gasteiger partial charge on any atom is -0.481 e. The normalized spacial score (nSPS) is 19.4. The van der Waals surface area contributed by atoms with Crippen LogP contribution in [-0.4, -0.2) is 37.1 Å². The first kappa shape index (κ1) is 21.6. The molecule has 0 amide bonds. The Hall–Kier alpha value is -3.91. The van der Waals surface area contributed by atoms with Gasteiger partial charge in [-0.3, -0.25) is 14.7 Å². The maximum absolute atomic E-state index is 15.0.